The summed E-state index contributed by atoms with van der Waals surface area (Å²) < 4.78 is 34.5. The number of hydrogen-bond acceptors (Lipinski definition) is 8. The number of piperazine rings is 1. The number of anilines is 2. The van der Waals surface area contributed by atoms with E-state index in [2.05, 4.69) is 15.5 Å². The first kappa shape index (κ1) is 26.3. The fraction of sp³-hybridized carbons (Fsp3) is 0.607. The van der Waals surface area contributed by atoms with Gasteiger partial charge in [0.1, 0.15) is 24.3 Å². The van der Waals surface area contributed by atoms with Crippen molar-refractivity contribution >= 4 is 17.4 Å². The lowest BCUT2D eigenvalue weighted by molar-refractivity contribution is -0.122. The van der Waals surface area contributed by atoms with Gasteiger partial charge >= 0.3 is 6.01 Å². The van der Waals surface area contributed by atoms with E-state index in [1.807, 2.05) is 11.9 Å². The van der Waals surface area contributed by atoms with Crippen LogP contribution in [0.2, 0.25) is 0 Å². The molecule has 4 heterocycles. The van der Waals surface area contributed by atoms with Crippen molar-refractivity contribution in [1.29, 1.82) is 0 Å². The molecule has 0 saturated carbocycles. The van der Waals surface area contributed by atoms with Crippen molar-refractivity contribution in [3.63, 3.8) is 0 Å². The van der Waals surface area contributed by atoms with Crippen LogP contribution in [0.3, 0.4) is 0 Å². The predicted molar refractivity (Wildman–Crippen MR) is 145 cm³/mol. The Morgan fingerprint density at radius 1 is 1.28 bits per heavy atom. The molecule has 0 radical (unpaired) electrons. The van der Waals surface area contributed by atoms with Gasteiger partial charge in [-0.2, -0.15) is 9.97 Å². The Hall–Kier alpha value is -2.89. The number of amides is 1. The third-order valence-corrected chi connectivity index (χ3v) is 9.05. The van der Waals surface area contributed by atoms with E-state index in [0.717, 1.165) is 30.5 Å². The number of carbonyl (C=O) groups is 1. The maximum absolute atomic E-state index is 14.5. The molecule has 1 aromatic heterocycles. The number of nitrogens with two attached hydrogens (primary N) is 1. The van der Waals surface area contributed by atoms with Gasteiger partial charge in [0.2, 0.25) is 5.91 Å². The zero-order valence-electron chi connectivity index (χ0n) is 22.6. The monoisotopic (exact) mass is 541 g/mol. The average Bonchev–Trinajstić information content (AvgIpc) is 3.26. The molecule has 3 aliphatic heterocycles. The maximum Gasteiger partial charge on any atom is 0.318 e. The summed E-state index contributed by atoms with van der Waals surface area (Å²) in [6, 6.07) is 3.49. The molecule has 1 spiro atoms. The molecule has 4 N–H and O–H groups in total. The SMILES string of the molecule is Cc1c(F)ccc2c1CCCC21Cc2nc(OC[C@@H]3C[C@@H](F)CN3C)nc(N3CCN[C@@H](CN)C3)c2NC1=O. The predicted octanol–water partition coefficient (Wildman–Crippen LogP) is 1.85. The molecule has 1 unspecified atom stereocenters. The van der Waals surface area contributed by atoms with Crippen LogP contribution in [0.15, 0.2) is 12.1 Å². The second kappa shape index (κ2) is 10.3. The fourth-order valence-electron chi connectivity index (χ4n) is 6.79. The van der Waals surface area contributed by atoms with E-state index in [0.29, 0.717) is 68.2 Å². The first-order valence-electron chi connectivity index (χ1n) is 14.0. The molecule has 2 fully saturated rings. The van der Waals surface area contributed by atoms with Crippen molar-refractivity contribution < 1.29 is 18.3 Å². The van der Waals surface area contributed by atoms with E-state index in [1.165, 1.54) is 6.07 Å². The molecule has 11 heteroatoms. The van der Waals surface area contributed by atoms with E-state index in [4.69, 9.17) is 20.4 Å². The van der Waals surface area contributed by atoms with E-state index >= 15 is 0 Å². The zero-order valence-corrected chi connectivity index (χ0v) is 22.6. The average molecular weight is 542 g/mol. The minimum Gasteiger partial charge on any atom is -0.462 e. The fourth-order valence-corrected chi connectivity index (χ4v) is 6.79. The number of ether oxygens (including phenoxy) is 1. The Morgan fingerprint density at radius 3 is 2.90 bits per heavy atom. The highest BCUT2D eigenvalue weighted by Crippen LogP contribution is 2.47. The topological polar surface area (TPSA) is 109 Å². The second-order valence-corrected chi connectivity index (χ2v) is 11.5. The highest BCUT2D eigenvalue weighted by Gasteiger charge is 2.48. The summed E-state index contributed by atoms with van der Waals surface area (Å²) in [5.41, 5.74) is 8.84. The van der Waals surface area contributed by atoms with Crippen LogP contribution < -0.4 is 26.0 Å². The Kier molecular flexibility index (Phi) is 6.93. The standard InChI is InChI=1S/C28H37F2N7O2/c1-16-20-4-3-7-28(21(20)5-6-22(16)30)11-23-24(34-26(28)38)25(37-9-8-32-18(12-31)14-37)35-27(33-23)39-15-19-10-17(29)13-36(19)2/h5-6,17-19,32H,3-4,7-15,31H2,1-2H3,(H,34,38)/t17-,18+,19+,28?/m1/s1. The number of alkyl halides is 1. The molecule has 2 aromatic rings. The number of carbonyl (C=O) groups excluding carboxylic acids is 1. The van der Waals surface area contributed by atoms with Gasteiger partial charge in [0.25, 0.3) is 0 Å². The Bertz CT molecular complexity index is 1280. The van der Waals surface area contributed by atoms with Crippen LogP contribution in [0.5, 0.6) is 6.01 Å². The van der Waals surface area contributed by atoms with E-state index < -0.39 is 11.6 Å². The number of likely N-dealkylation sites (N-methyl/N-ethyl adjacent to an activating group) is 1. The number of halogens is 2. The van der Waals surface area contributed by atoms with Crippen molar-refractivity contribution in [3.8, 4) is 6.01 Å². The van der Waals surface area contributed by atoms with Crippen molar-refractivity contribution in [2.45, 2.75) is 62.7 Å². The van der Waals surface area contributed by atoms with Gasteiger partial charge in [-0.15, -0.1) is 0 Å². The minimum atomic E-state index is -0.868. The van der Waals surface area contributed by atoms with Crippen LogP contribution in [0, 0.1) is 12.7 Å². The van der Waals surface area contributed by atoms with Gasteiger partial charge in [-0.25, -0.2) is 8.78 Å². The largest absolute Gasteiger partial charge is 0.462 e. The summed E-state index contributed by atoms with van der Waals surface area (Å²) in [6.07, 6.45) is 2.11. The summed E-state index contributed by atoms with van der Waals surface area (Å²) in [4.78, 5) is 27.6. The number of aromatic nitrogens is 2. The van der Waals surface area contributed by atoms with Gasteiger partial charge < -0.3 is 26.0 Å². The number of rotatable bonds is 5. The van der Waals surface area contributed by atoms with Crippen LogP contribution in [0.1, 0.15) is 41.6 Å². The molecule has 0 bridgehead atoms. The third-order valence-electron chi connectivity index (χ3n) is 9.05. The molecule has 210 valence electrons. The molecule has 1 amide bonds. The van der Waals surface area contributed by atoms with E-state index in [-0.39, 0.29) is 36.4 Å². The van der Waals surface area contributed by atoms with Crippen LogP contribution in [-0.4, -0.2) is 85.4 Å². The van der Waals surface area contributed by atoms with Gasteiger partial charge in [-0.05, 0) is 62.4 Å². The molecule has 4 atom stereocenters. The normalized spacial score (nSPS) is 28.8. The van der Waals surface area contributed by atoms with Crippen LogP contribution in [-0.2, 0) is 23.1 Å². The van der Waals surface area contributed by atoms with Crippen molar-refractivity contribution in [2.75, 3.05) is 56.6 Å². The molecule has 1 aliphatic carbocycles. The Morgan fingerprint density at radius 2 is 2.13 bits per heavy atom. The van der Waals surface area contributed by atoms with Crippen LogP contribution in [0.4, 0.5) is 20.3 Å². The molecule has 6 rings (SSSR count). The molecule has 39 heavy (non-hydrogen) atoms. The molecular formula is C28H37F2N7O2. The zero-order chi connectivity index (χ0) is 27.3. The number of likely N-dealkylation sites (tertiary alicyclic amines) is 1. The first-order valence-corrected chi connectivity index (χ1v) is 14.0. The van der Waals surface area contributed by atoms with Gasteiger partial charge in [0.15, 0.2) is 5.82 Å². The summed E-state index contributed by atoms with van der Waals surface area (Å²) >= 11 is 0. The Balaban J connectivity index is 1.39. The van der Waals surface area contributed by atoms with Crippen LogP contribution >= 0.6 is 0 Å². The lowest BCUT2D eigenvalue weighted by atomic mass is 9.64. The number of nitrogens with one attached hydrogen (secondary N) is 2. The number of hydrogen-bond donors (Lipinski definition) is 3. The molecule has 9 nitrogen and oxygen atoms in total. The summed E-state index contributed by atoms with van der Waals surface area (Å²) in [5.74, 6) is 0.267. The van der Waals surface area contributed by atoms with E-state index in [9.17, 15) is 13.6 Å². The van der Waals surface area contributed by atoms with Crippen LogP contribution in [0.25, 0.3) is 0 Å². The smallest absolute Gasteiger partial charge is 0.318 e. The van der Waals surface area contributed by atoms with Crippen molar-refractivity contribution in [2.24, 2.45) is 5.73 Å². The lowest BCUT2D eigenvalue weighted by Gasteiger charge is -2.42. The molecule has 1 aromatic carbocycles. The van der Waals surface area contributed by atoms with Gasteiger partial charge in [0, 0.05) is 51.2 Å². The van der Waals surface area contributed by atoms with Gasteiger partial charge in [-0.1, -0.05) is 6.07 Å². The Labute approximate surface area is 227 Å². The third kappa shape index (κ3) is 4.64. The molecule has 2 saturated heterocycles. The van der Waals surface area contributed by atoms with Gasteiger partial charge in [-0.3, -0.25) is 9.69 Å². The number of fused-ring (bicyclic) bond motifs is 3. The van der Waals surface area contributed by atoms with Crippen molar-refractivity contribution in [1.82, 2.24) is 20.2 Å². The molecular weight excluding hydrogens is 504 g/mol. The van der Waals surface area contributed by atoms with E-state index in [1.54, 1.807) is 13.0 Å². The summed E-state index contributed by atoms with van der Waals surface area (Å²) in [7, 11) is 1.89. The molecule has 4 aliphatic rings. The summed E-state index contributed by atoms with van der Waals surface area (Å²) in [5, 5.41) is 6.58. The first-order chi connectivity index (χ1) is 18.8. The van der Waals surface area contributed by atoms with Crippen molar-refractivity contribution in [3.05, 3.63) is 40.3 Å². The summed E-state index contributed by atoms with van der Waals surface area (Å²) in [6.45, 7) is 4.99. The minimum absolute atomic E-state index is 0.0574. The maximum atomic E-state index is 14.5. The quantitative estimate of drug-likeness (QED) is 0.527. The highest BCUT2D eigenvalue weighted by molar-refractivity contribution is 6.04. The van der Waals surface area contributed by atoms with Gasteiger partial charge in [0.05, 0.1) is 11.1 Å². The second-order valence-electron chi connectivity index (χ2n) is 11.5. The number of nitrogens with zero attached hydrogens (tertiary/aromatic N) is 4. The number of benzene rings is 1. The highest BCUT2D eigenvalue weighted by atomic mass is 19.1. The lowest BCUT2D eigenvalue weighted by Crippen LogP contribution is -2.54.